The lowest BCUT2D eigenvalue weighted by Crippen LogP contribution is -2.08. The Hall–Kier alpha value is -3.37. The van der Waals surface area contributed by atoms with E-state index in [9.17, 15) is 0 Å². The van der Waals surface area contributed by atoms with Crippen LogP contribution in [0.1, 0.15) is 12.8 Å². The predicted octanol–water partition coefficient (Wildman–Crippen LogP) is 10.4. The van der Waals surface area contributed by atoms with Crippen LogP contribution in [0.2, 0.25) is 0 Å². The zero-order chi connectivity index (χ0) is 26.9. The Morgan fingerprint density at radius 1 is 0.692 bits per heavy atom. The van der Waals surface area contributed by atoms with Gasteiger partial charge in [0.2, 0.25) is 0 Å². The molecule has 1 aliphatic carbocycles. The van der Waals surface area contributed by atoms with Crippen molar-refractivity contribution in [2.45, 2.75) is 42.2 Å². The largest absolute Gasteiger partial charge is 0.166 e. The number of hydrogen-bond acceptors (Lipinski definition) is 1. The van der Waals surface area contributed by atoms with E-state index in [0.29, 0.717) is 0 Å². The summed E-state index contributed by atoms with van der Waals surface area (Å²) in [5.74, 6) is 0. The lowest BCUT2D eigenvalue weighted by Gasteiger charge is -2.13. The molecule has 4 aromatic carbocycles. The van der Waals surface area contributed by atoms with Gasteiger partial charge in [0.15, 0.2) is 24.5 Å². The summed E-state index contributed by atoms with van der Waals surface area (Å²) >= 11 is 1.81. The quantitative estimate of drug-likeness (QED) is 0.137. The van der Waals surface area contributed by atoms with Crippen LogP contribution < -0.4 is 0 Å². The monoisotopic (exact) mass is 560 g/mol. The van der Waals surface area contributed by atoms with Gasteiger partial charge in [0, 0.05) is 16.2 Å². The second-order valence-electron chi connectivity index (χ2n) is 8.94. The normalized spacial score (nSPS) is 13.8. The van der Waals surface area contributed by atoms with Gasteiger partial charge in [-0.1, -0.05) is 79.0 Å². The summed E-state index contributed by atoms with van der Waals surface area (Å²) in [6.45, 7) is 8.23. The topological polar surface area (TPSA) is 0 Å². The van der Waals surface area contributed by atoms with E-state index < -0.39 is 0 Å². The van der Waals surface area contributed by atoms with Gasteiger partial charge in [0.1, 0.15) is 4.91 Å². The average Bonchev–Trinajstić information content (AvgIpc) is 3.00. The molecule has 0 heterocycles. The third-order valence-electron chi connectivity index (χ3n) is 6.23. The van der Waals surface area contributed by atoms with Crippen LogP contribution in [0, 0.1) is 0 Å². The van der Waals surface area contributed by atoms with E-state index in [1.165, 1.54) is 34.3 Å². The molecule has 0 saturated heterocycles. The molecule has 5 rings (SSSR count). The first-order valence-corrected chi connectivity index (χ1v) is 16.3. The van der Waals surface area contributed by atoms with E-state index >= 15 is 0 Å². The number of hydrogen-bond donors (Lipinski definition) is 0. The minimum atomic E-state index is -0.148. The Morgan fingerprint density at radius 3 is 1.74 bits per heavy atom. The van der Waals surface area contributed by atoms with E-state index in [-0.39, 0.29) is 21.8 Å². The van der Waals surface area contributed by atoms with Crippen LogP contribution in [0.25, 0.3) is 0 Å². The van der Waals surface area contributed by atoms with Crippen molar-refractivity contribution >= 4 is 33.6 Å². The molecule has 39 heavy (non-hydrogen) atoms. The first-order chi connectivity index (χ1) is 19.2. The van der Waals surface area contributed by atoms with Gasteiger partial charge in [-0.25, -0.2) is 0 Å². The molecule has 1 atom stereocenters. The summed E-state index contributed by atoms with van der Waals surface area (Å²) in [4.78, 5) is 10.4. The Balaban J connectivity index is 1.35. The molecule has 1 unspecified atom stereocenters. The van der Waals surface area contributed by atoms with Crippen LogP contribution >= 0.6 is 11.8 Å². The minimum Gasteiger partial charge on any atom is -0.0991 e. The fourth-order valence-corrected chi connectivity index (χ4v) is 9.41. The molecule has 0 fully saturated rings. The van der Waals surface area contributed by atoms with Crippen molar-refractivity contribution in [1.29, 1.82) is 0 Å². The van der Waals surface area contributed by atoms with Crippen molar-refractivity contribution in [2.24, 2.45) is 0 Å². The average molecular weight is 561 g/mol. The van der Waals surface area contributed by atoms with Gasteiger partial charge in [-0.2, -0.15) is 0 Å². The molecule has 192 valence electrons. The molecule has 3 heteroatoms. The summed E-state index contributed by atoms with van der Waals surface area (Å²) in [6, 6.07) is 39.7. The lowest BCUT2D eigenvalue weighted by molar-refractivity contribution is 1.02. The van der Waals surface area contributed by atoms with Gasteiger partial charge < -0.3 is 0 Å². The first-order valence-electron chi connectivity index (χ1n) is 13.0. The van der Waals surface area contributed by atoms with E-state index in [1.807, 2.05) is 23.9 Å². The molecular formula is C36H32S3+2. The van der Waals surface area contributed by atoms with E-state index in [4.69, 9.17) is 0 Å². The maximum absolute atomic E-state index is 4.41. The third-order valence-corrected chi connectivity index (χ3v) is 11.7. The maximum Gasteiger partial charge on any atom is 0.166 e. The van der Waals surface area contributed by atoms with Crippen LogP contribution in [0.4, 0.5) is 0 Å². The number of allylic oxidation sites excluding steroid dienone is 7. The molecule has 0 amide bonds. The van der Waals surface area contributed by atoms with Crippen molar-refractivity contribution in [3.05, 3.63) is 169 Å². The summed E-state index contributed by atoms with van der Waals surface area (Å²) < 4.78 is 0. The molecule has 0 nitrogen and oxygen atoms in total. The highest BCUT2D eigenvalue weighted by Crippen LogP contribution is 2.37. The van der Waals surface area contributed by atoms with Gasteiger partial charge in [-0.05, 0) is 97.9 Å². The van der Waals surface area contributed by atoms with Crippen molar-refractivity contribution in [2.75, 3.05) is 0 Å². The Bertz CT molecular complexity index is 1440. The minimum absolute atomic E-state index is 0.126. The summed E-state index contributed by atoms with van der Waals surface area (Å²) in [5.41, 5.74) is 0. The predicted molar refractivity (Wildman–Crippen MR) is 173 cm³/mol. The second kappa shape index (κ2) is 13.6. The summed E-state index contributed by atoms with van der Waals surface area (Å²) in [5, 5.41) is 0. The summed E-state index contributed by atoms with van der Waals surface area (Å²) in [6.07, 6.45) is 14.7. The van der Waals surface area contributed by atoms with Crippen LogP contribution in [0.5, 0.6) is 0 Å². The van der Waals surface area contributed by atoms with Crippen molar-refractivity contribution in [1.82, 2.24) is 0 Å². The fraction of sp³-hybridized carbons (Fsp3) is 0.0556. The number of rotatable bonds is 10. The van der Waals surface area contributed by atoms with Crippen LogP contribution in [-0.2, 0) is 21.8 Å². The zero-order valence-corrected chi connectivity index (χ0v) is 24.4. The molecule has 1 aliphatic rings. The maximum atomic E-state index is 4.41. The smallest absolute Gasteiger partial charge is 0.0991 e. The van der Waals surface area contributed by atoms with E-state index in [2.05, 4.69) is 147 Å². The Morgan fingerprint density at radius 2 is 1.23 bits per heavy atom. The van der Waals surface area contributed by atoms with E-state index in [1.54, 1.807) is 0 Å². The van der Waals surface area contributed by atoms with Crippen LogP contribution in [0.15, 0.2) is 198 Å². The summed E-state index contributed by atoms with van der Waals surface area (Å²) in [7, 11) is -0.274. The molecule has 0 N–H and O–H groups in total. The van der Waals surface area contributed by atoms with Crippen molar-refractivity contribution in [3.8, 4) is 0 Å². The molecule has 0 saturated carbocycles. The van der Waals surface area contributed by atoms with Gasteiger partial charge in [-0.15, -0.1) is 0 Å². The highest BCUT2D eigenvalue weighted by Gasteiger charge is 2.31. The van der Waals surface area contributed by atoms with Crippen LogP contribution in [-0.4, -0.2) is 0 Å². The highest BCUT2D eigenvalue weighted by molar-refractivity contribution is 8.04. The van der Waals surface area contributed by atoms with Crippen molar-refractivity contribution < 1.29 is 0 Å². The standard InChI is InChI=1S/C36H32S3/c1-3-4-14-29(2)38(32-15-8-5-9-16-32)35-25-21-30(22-26-35)37-31-23-27-36(28-24-31)39(33-17-10-6-11-18-33)34-19-12-7-13-20-34/h3-8,10-15,17-28H,1-2,9,16H2/q+2/b14-4-. The molecule has 0 bridgehead atoms. The lowest BCUT2D eigenvalue weighted by atomic mass is 10.2. The van der Waals surface area contributed by atoms with Gasteiger partial charge in [-0.3, -0.25) is 0 Å². The Labute approximate surface area is 243 Å². The SMILES string of the molecule is C=C/C=C\C(=C)[S+](C1=CC=CCC1)c1ccc(Sc2ccc([S+](c3ccccc3)c3ccccc3)cc2)cc1. The van der Waals surface area contributed by atoms with Gasteiger partial charge in [0.05, 0.1) is 21.8 Å². The fourth-order valence-electron chi connectivity index (χ4n) is 4.41. The Kier molecular flexibility index (Phi) is 9.50. The highest BCUT2D eigenvalue weighted by atomic mass is 32.2. The van der Waals surface area contributed by atoms with Gasteiger partial charge >= 0.3 is 0 Å². The number of benzene rings is 4. The molecule has 0 radical (unpaired) electrons. The van der Waals surface area contributed by atoms with E-state index in [0.717, 1.165) is 17.7 Å². The third kappa shape index (κ3) is 6.99. The zero-order valence-electron chi connectivity index (χ0n) is 21.9. The first kappa shape index (κ1) is 27.2. The van der Waals surface area contributed by atoms with Crippen LogP contribution in [0.3, 0.4) is 0 Å². The van der Waals surface area contributed by atoms with Gasteiger partial charge in [0.25, 0.3) is 0 Å². The second-order valence-corrected chi connectivity index (χ2v) is 14.3. The molecule has 0 aliphatic heterocycles. The molecule has 0 spiro atoms. The van der Waals surface area contributed by atoms with Crippen molar-refractivity contribution in [3.63, 3.8) is 0 Å². The molecule has 4 aromatic rings. The molecular weight excluding hydrogens is 529 g/mol. The molecule has 0 aromatic heterocycles.